The van der Waals surface area contributed by atoms with Crippen molar-refractivity contribution in [3.63, 3.8) is 0 Å². The maximum Gasteiger partial charge on any atom is 0.171 e. The van der Waals surface area contributed by atoms with Gasteiger partial charge in [-0.2, -0.15) is 0 Å². The lowest BCUT2D eigenvalue weighted by molar-refractivity contribution is 0.292. The van der Waals surface area contributed by atoms with Crippen LogP contribution < -0.4 is 10.6 Å². The number of hydrogen-bond acceptors (Lipinski definition) is 2. The zero-order valence-corrected chi connectivity index (χ0v) is 18.0. The number of rotatable bonds is 4. The van der Waals surface area contributed by atoms with Gasteiger partial charge in [-0.3, -0.25) is 0 Å². The summed E-state index contributed by atoms with van der Waals surface area (Å²) in [4.78, 5) is 4.36. The molecule has 1 aromatic carbocycles. The van der Waals surface area contributed by atoms with E-state index in [9.17, 15) is 0 Å². The predicted molar refractivity (Wildman–Crippen MR) is 117 cm³/mol. The second-order valence-corrected chi connectivity index (χ2v) is 8.67. The number of nitrogens with one attached hydrogen (secondary N) is 2. The molecule has 1 aliphatic rings. The molecule has 1 aromatic heterocycles. The SMILES string of the molecule is Cc1cc(NC(=S)NCC2(c3ccc(Cl)cc3)CCCCC2)ncc1Br. The van der Waals surface area contributed by atoms with Crippen LogP contribution in [-0.2, 0) is 5.41 Å². The van der Waals surface area contributed by atoms with Crippen LogP contribution >= 0.6 is 39.7 Å². The minimum atomic E-state index is 0.109. The van der Waals surface area contributed by atoms with Crippen molar-refractivity contribution < 1.29 is 0 Å². The van der Waals surface area contributed by atoms with Gasteiger partial charge >= 0.3 is 0 Å². The number of thiocarbonyl (C=S) groups is 1. The molecule has 1 heterocycles. The van der Waals surface area contributed by atoms with E-state index < -0.39 is 0 Å². The van der Waals surface area contributed by atoms with Gasteiger partial charge in [-0.1, -0.05) is 43.0 Å². The summed E-state index contributed by atoms with van der Waals surface area (Å²) in [6.07, 6.45) is 7.92. The highest BCUT2D eigenvalue weighted by atomic mass is 79.9. The molecule has 138 valence electrons. The minimum absolute atomic E-state index is 0.109. The summed E-state index contributed by atoms with van der Waals surface area (Å²) in [7, 11) is 0. The van der Waals surface area contributed by atoms with Crippen LogP contribution in [0.5, 0.6) is 0 Å². The van der Waals surface area contributed by atoms with Crippen molar-refractivity contribution in [2.24, 2.45) is 0 Å². The maximum absolute atomic E-state index is 6.08. The Morgan fingerprint density at radius 1 is 1.23 bits per heavy atom. The van der Waals surface area contributed by atoms with Crippen LogP contribution in [0.15, 0.2) is 41.0 Å². The van der Waals surface area contributed by atoms with E-state index in [1.165, 1.54) is 37.7 Å². The summed E-state index contributed by atoms with van der Waals surface area (Å²) in [5, 5.41) is 8.01. The molecule has 0 radical (unpaired) electrons. The van der Waals surface area contributed by atoms with Crippen LogP contribution in [0.1, 0.15) is 43.2 Å². The van der Waals surface area contributed by atoms with Crippen LogP contribution in [0.3, 0.4) is 0 Å². The van der Waals surface area contributed by atoms with Gasteiger partial charge in [0.25, 0.3) is 0 Å². The van der Waals surface area contributed by atoms with Crippen LogP contribution in [0, 0.1) is 6.92 Å². The van der Waals surface area contributed by atoms with E-state index in [0.29, 0.717) is 5.11 Å². The molecule has 0 atom stereocenters. The van der Waals surface area contributed by atoms with E-state index in [1.807, 2.05) is 25.1 Å². The van der Waals surface area contributed by atoms with Gasteiger partial charge in [0.15, 0.2) is 5.11 Å². The molecule has 1 fully saturated rings. The zero-order chi connectivity index (χ0) is 18.6. The Kier molecular flexibility index (Phi) is 6.54. The first-order chi connectivity index (χ1) is 12.5. The van der Waals surface area contributed by atoms with Crippen molar-refractivity contribution in [3.05, 3.63) is 57.2 Å². The summed E-state index contributed by atoms with van der Waals surface area (Å²) in [5.41, 5.74) is 2.57. The number of aromatic nitrogens is 1. The van der Waals surface area contributed by atoms with Gasteiger partial charge in [0, 0.05) is 27.7 Å². The van der Waals surface area contributed by atoms with Gasteiger partial charge in [-0.05, 0) is 77.2 Å². The normalized spacial score (nSPS) is 16.1. The Balaban J connectivity index is 1.68. The number of aryl methyl sites for hydroxylation is 1. The molecule has 26 heavy (non-hydrogen) atoms. The topological polar surface area (TPSA) is 37.0 Å². The van der Waals surface area contributed by atoms with E-state index >= 15 is 0 Å². The smallest absolute Gasteiger partial charge is 0.171 e. The summed E-state index contributed by atoms with van der Waals surface area (Å²) >= 11 is 15.1. The van der Waals surface area contributed by atoms with Gasteiger partial charge in [0.2, 0.25) is 0 Å². The number of benzene rings is 1. The summed E-state index contributed by atoms with van der Waals surface area (Å²) in [6.45, 7) is 2.85. The fourth-order valence-corrected chi connectivity index (χ4v) is 4.14. The first-order valence-corrected chi connectivity index (χ1v) is 10.5. The van der Waals surface area contributed by atoms with E-state index in [0.717, 1.165) is 27.4 Å². The number of anilines is 1. The molecule has 1 saturated carbocycles. The molecule has 6 heteroatoms. The quantitative estimate of drug-likeness (QED) is 0.558. The van der Waals surface area contributed by atoms with Crippen LogP contribution in [0.25, 0.3) is 0 Å². The zero-order valence-electron chi connectivity index (χ0n) is 14.8. The highest BCUT2D eigenvalue weighted by Crippen LogP contribution is 2.39. The van der Waals surface area contributed by atoms with Gasteiger partial charge in [-0.15, -0.1) is 0 Å². The van der Waals surface area contributed by atoms with E-state index in [4.69, 9.17) is 23.8 Å². The maximum atomic E-state index is 6.08. The van der Waals surface area contributed by atoms with Crippen LogP contribution in [-0.4, -0.2) is 16.6 Å². The minimum Gasteiger partial charge on any atom is -0.362 e. The van der Waals surface area contributed by atoms with Crippen molar-refractivity contribution in [1.82, 2.24) is 10.3 Å². The van der Waals surface area contributed by atoms with E-state index in [1.54, 1.807) is 6.20 Å². The first-order valence-electron chi connectivity index (χ1n) is 8.92. The standard InChI is InChI=1S/C20H23BrClN3S/c1-14-11-18(23-12-17(14)21)25-19(26)24-13-20(9-3-2-4-10-20)15-5-7-16(22)8-6-15/h5-8,11-12H,2-4,9-10,13H2,1H3,(H2,23,24,25,26). The highest BCUT2D eigenvalue weighted by molar-refractivity contribution is 9.10. The van der Waals surface area contributed by atoms with Crippen molar-refractivity contribution in [2.75, 3.05) is 11.9 Å². The molecule has 0 aliphatic heterocycles. The fourth-order valence-electron chi connectivity index (χ4n) is 3.62. The van der Waals surface area contributed by atoms with Crippen molar-refractivity contribution in [1.29, 1.82) is 0 Å². The molecular formula is C20H23BrClN3S. The molecule has 0 amide bonds. The molecule has 3 nitrogen and oxygen atoms in total. The van der Waals surface area contributed by atoms with Gasteiger partial charge in [0.1, 0.15) is 5.82 Å². The molecule has 1 aliphatic carbocycles. The molecule has 0 spiro atoms. The lowest BCUT2D eigenvalue weighted by Gasteiger charge is -2.38. The van der Waals surface area contributed by atoms with E-state index in [2.05, 4.69) is 43.7 Å². The largest absolute Gasteiger partial charge is 0.362 e. The molecule has 0 unspecified atom stereocenters. The average molecular weight is 453 g/mol. The number of nitrogens with zero attached hydrogens (tertiary/aromatic N) is 1. The Labute approximate surface area is 174 Å². The molecular weight excluding hydrogens is 430 g/mol. The van der Waals surface area contributed by atoms with Crippen LogP contribution in [0.4, 0.5) is 5.82 Å². The fraction of sp³-hybridized carbons (Fsp3) is 0.400. The first kappa shape index (κ1) is 19.6. The van der Waals surface area contributed by atoms with E-state index in [-0.39, 0.29) is 5.41 Å². The number of halogens is 2. The molecule has 0 bridgehead atoms. The Hall–Kier alpha value is -1.17. The molecule has 2 N–H and O–H groups in total. The van der Waals surface area contributed by atoms with Crippen molar-refractivity contribution in [2.45, 2.75) is 44.4 Å². The summed E-state index contributed by atoms with van der Waals surface area (Å²) in [6, 6.07) is 10.3. The number of hydrogen-bond donors (Lipinski definition) is 2. The monoisotopic (exact) mass is 451 g/mol. The van der Waals surface area contributed by atoms with Gasteiger partial charge in [0.05, 0.1) is 0 Å². The average Bonchev–Trinajstić information content (AvgIpc) is 2.64. The predicted octanol–water partition coefficient (Wildman–Crippen LogP) is 5.99. The number of pyridine rings is 1. The van der Waals surface area contributed by atoms with Crippen molar-refractivity contribution in [3.8, 4) is 0 Å². The highest BCUT2D eigenvalue weighted by Gasteiger charge is 2.33. The molecule has 3 rings (SSSR count). The second kappa shape index (κ2) is 8.68. The third-order valence-electron chi connectivity index (χ3n) is 5.14. The lowest BCUT2D eigenvalue weighted by atomic mass is 9.69. The third kappa shape index (κ3) is 4.76. The Morgan fingerprint density at radius 2 is 1.92 bits per heavy atom. The Morgan fingerprint density at radius 3 is 2.58 bits per heavy atom. The molecule has 2 aromatic rings. The second-order valence-electron chi connectivity index (χ2n) is 6.97. The Bertz CT molecular complexity index is 773. The third-order valence-corrected chi connectivity index (χ3v) is 6.47. The van der Waals surface area contributed by atoms with Gasteiger partial charge < -0.3 is 10.6 Å². The van der Waals surface area contributed by atoms with Crippen LogP contribution in [0.2, 0.25) is 5.02 Å². The molecule has 0 saturated heterocycles. The van der Waals surface area contributed by atoms with Gasteiger partial charge in [-0.25, -0.2) is 4.98 Å². The summed E-state index contributed by atoms with van der Waals surface area (Å²) < 4.78 is 0.992. The van der Waals surface area contributed by atoms with Crippen molar-refractivity contribution >= 4 is 50.7 Å². The lowest BCUT2D eigenvalue weighted by Crippen LogP contribution is -2.43. The summed E-state index contributed by atoms with van der Waals surface area (Å²) in [5.74, 6) is 0.757.